The van der Waals surface area contributed by atoms with E-state index in [9.17, 15) is 14.4 Å². The van der Waals surface area contributed by atoms with Crippen LogP contribution in [-0.2, 0) is 14.3 Å². The molecule has 0 radical (unpaired) electrons. The monoisotopic (exact) mass is 399 g/mol. The second-order valence-corrected chi connectivity index (χ2v) is 7.88. The smallest absolute Gasteiger partial charge is 0.348 e. The molecule has 1 N–H and O–H groups in total. The molecule has 0 bridgehead atoms. The average Bonchev–Trinajstić information content (AvgIpc) is 2.89. The standard InChI is InChI=1S/C18H25NO5S2/c1-6-8-25-10-13(20)19-16-14(17(21)23-7-2)12(5)15(26-16)18(22)24-9-11(3)4/h6,11H,1,7-10H2,2-5H3,(H,19,20). The van der Waals surface area contributed by atoms with E-state index >= 15 is 0 Å². The molecule has 0 unspecified atom stereocenters. The highest BCUT2D eigenvalue weighted by Crippen LogP contribution is 2.34. The zero-order valence-corrected chi connectivity index (χ0v) is 17.2. The summed E-state index contributed by atoms with van der Waals surface area (Å²) in [6, 6.07) is 0. The largest absolute Gasteiger partial charge is 0.462 e. The number of ether oxygens (including phenoxy) is 2. The molecule has 1 heterocycles. The molecule has 0 aliphatic rings. The van der Waals surface area contributed by atoms with Gasteiger partial charge in [0.2, 0.25) is 5.91 Å². The molecule has 0 saturated heterocycles. The van der Waals surface area contributed by atoms with Gasteiger partial charge in [-0.2, -0.15) is 0 Å². The number of esters is 2. The van der Waals surface area contributed by atoms with Crippen molar-refractivity contribution < 1.29 is 23.9 Å². The molecule has 0 spiro atoms. The van der Waals surface area contributed by atoms with E-state index in [0.29, 0.717) is 21.2 Å². The molecule has 26 heavy (non-hydrogen) atoms. The van der Waals surface area contributed by atoms with Crippen LogP contribution in [0, 0.1) is 12.8 Å². The number of thioether (sulfide) groups is 1. The Morgan fingerprint density at radius 1 is 1.27 bits per heavy atom. The number of carbonyl (C=O) groups is 3. The molecule has 144 valence electrons. The third-order valence-electron chi connectivity index (χ3n) is 3.08. The molecule has 0 aliphatic heterocycles. The Hall–Kier alpha value is -1.80. The first-order chi connectivity index (χ1) is 12.3. The van der Waals surface area contributed by atoms with Crippen LogP contribution in [0.25, 0.3) is 0 Å². The van der Waals surface area contributed by atoms with Crippen molar-refractivity contribution in [2.75, 3.05) is 30.0 Å². The van der Waals surface area contributed by atoms with Gasteiger partial charge in [-0.15, -0.1) is 29.7 Å². The Balaban J connectivity index is 3.07. The zero-order chi connectivity index (χ0) is 19.7. The van der Waals surface area contributed by atoms with Crippen molar-refractivity contribution in [2.45, 2.75) is 27.7 Å². The summed E-state index contributed by atoms with van der Waals surface area (Å²) in [6.07, 6.45) is 1.71. The number of nitrogens with one attached hydrogen (secondary N) is 1. The molecule has 0 atom stereocenters. The highest BCUT2D eigenvalue weighted by Gasteiger charge is 2.27. The molecule has 1 amide bonds. The molecule has 6 nitrogen and oxygen atoms in total. The van der Waals surface area contributed by atoms with Crippen LogP contribution in [0.3, 0.4) is 0 Å². The maximum absolute atomic E-state index is 12.3. The summed E-state index contributed by atoms with van der Waals surface area (Å²) in [7, 11) is 0. The van der Waals surface area contributed by atoms with Crippen molar-refractivity contribution in [3.05, 3.63) is 28.7 Å². The van der Waals surface area contributed by atoms with Crippen molar-refractivity contribution >= 4 is 45.9 Å². The Morgan fingerprint density at radius 3 is 2.54 bits per heavy atom. The maximum Gasteiger partial charge on any atom is 0.348 e. The lowest BCUT2D eigenvalue weighted by atomic mass is 10.1. The third kappa shape index (κ3) is 6.49. The summed E-state index contributed by atoms with van der Waals surface area (Å²) in [5.74, 6) is -0.269. The molecule has 0 fully saturated rings. The lowest BCUT2D eigenvalue weighted by Crippen LogP contribution is -2.16. The minimum Gasteiger partial charge on any atom is -0.462 e. The van der Waals surface area contributed by atoms with E-state index in [-0.39, 0.29) is 36.4 Å². The van der Waals surface area contributed by atoms with Crippen molar-refractivity contribution in [3.8, 4) is 0 Å². The van der Waals surface area contributed by atoms with Crippen LogP contribution in [0.4, 0.5) is 5.00 Å². The quantitative estimate of drug-likeness (QED) is 0.365. The van der Waals surface area contributed by atoms with Crippen molar-refractivity contribution in [1.29, 1.82) is 0 Å². The van der Waals surface area contributed by atoms with E-state index in [0.717, 1.165) is 11.3 Å². The second-order valence-electron chi connectivity index (χ2n) is 5.83. The van der Waals surface area contributed by atoms with E-state index in [1.807, 2.05) is 13.8 Å². The Labute approximate surface area is 162 Å². The predicted octanol–water partition coefficient (Wildman–Crippen LogP) is 3.90. The van der Waals surface area contributed by atoms with Crippen LogP contribution in [0.1, 0.15) is 46.4 Å². The van der Waals surface area contributed by atoms with Crippen LogP contribution in [0.2, 0.25) is 0 Å². The Kier molecular flexibility index (Phi) is 9.43. The summed E-state index contributed by atoms with van der Waals surface area (Å²) in [5.41, 5.74) is 0.659. The zero-order valence-electron chi connectivity index (χ0n) is 15.5. The Morgan fingerprint density at radius 2 is 1.96 bits per heavy atom. The van der Waals surface area contributed by atoms with Crippen LogP contribution < -0.4 is 5.32 Å². The lowest BCUT2D eigenvalue weighted by Gasteiger charge is -2.07. The topological polar surface area (TPSA) is 81.7 Å². The number of hydrogen-bond acceptors (Lipinski definition) is 7. The van der Waals surface area contributed by atoms with Gasteiger partial charge in [-0.25, -0.2) is 9.59 Å². The van der Waals surface area contributed by atoms with Crippen LogP contribution in [0.5, 0.6) is 0 Å². The van der Waals surface area contributed by atoms with Crippen LogP contribution >= 0.6 is 23.1 Å². The molecule has 0 aliphatic carbocycles. The van der Waals surface area contributed by atoms with Gasteiger partial charge in [-0.1, -0.05) is 19.9 Å². The number of thiophene rings is 1. The van der Waals surface area contributed by atoms with Gasteiger partial charge in [0.25, 0.3) is 0 Å². The fraction of sp³-hybridized carbons (Fsp3) is 0.500. The normalized spacial score (nSPS) is 10.5. The summed E-state index contributed by atoms with van der Waals surface area (Å²) >= 11 is 2.43. The fourth-order valence-corrected chi connectivity index (χ4v) is 3.60. The number of amides is 1. The van der Waals surface area contributed by atoms with Gasteiger partial charge in [0.05, 0.1) is 24.5 Å². The van der Waals surface area contributed by atoms with Gasteiger partial charge in [-0.3, -0.25) is 4.79 Å². The van der Waals surface area contributed by atoms with Crippen molar-refractivity contribution in [1.82, 2.24) is 0 Å². The third-order valence-corrected chi connectivity index (χ3v) is 5.21. The maximum atomic E-state index is 12.3. The summed E-state index contributed by atoms with van der Waals surface area (Å²) < 4.78 is 10.3. The molecular weight excluding hydrogens is 374 g/mol. The molecule has 1 aromatic heterocycles. The van der Waals surface area contributed by atoms with Gasteiger partial charge in [0.1, 0.15) is 9.88 Å². The van der Waals surface area contributed by atoms with Gasteiger partial charge in [-0.05, 0) is 25.3 Å². The molecule has 8 heteroatoms. The summed E-state index contributed by atoms with van der Waals surface area (Å²) in [5, 5.41) is 3.01. The van der Waals surface area contributed by atoms with E-state index in [1.54, 1.807) is 19.9 Å². The van der Waals surface area contributed by atoms with E-state index < -0.39 is 11.9 Å². The molecule has 1 aromatic rings. The Bertz CT molecular complexity index is 667. The van der Waals surface area contributed by atoms with Gasteiger partial charge in [0, 0.05) is 5.75 Å². The van der Waals surface area contributed by atoms with E-state index in [1.165, 1.54) is 11.8 Å². The van der Waals surface area contributed by atoms with E-state index in [2.05, 4.69) is 11.9 Å². The first kappa shape index (κ1) is 22.2. The number of hydrogen-bond donors (Lipinski definition) is 1. The van der Waals surface area contributed by atoms with Crippen molar-refractivity contribution in [3.63, 3.8) is 0 Å². The second kappa shape index (κ2) is 11.0. The minimum absolute atomic E-state index is 0.198. The number of carbonyl (C=O) groups excluding carboxylic acids is 3. The minimum atomic E-state index is -0.571. The molecular formula is C18H25NO5S2. The predicted molar refractivity (Wildman–Crippen MR) is 106 cm³/mol. The van der Waals surface area contributed by atoms with Gasteiger partial charge >= 0.3 is 11.9 Å². The molecule has 1 rings (SSSR count). The average molecular weight is 400 g/mol. The van der Waals surface area contributed by atoms with E-state index in [4.69, 9.17) is 9.47 Å². The highest BCUT2D eigenvalue weighted by molar-refractivity contribution is 8.00. The van der Waals surface area contributed by atoms with Gasteiger partial charge in [0.15, 0.2) is 0 Å². The summed E-state index contributed by atoms with van der Waals surface area (Å²) in [6.45, 7) is 11.3. The van der Waals surface area contributed by atoms with Gasteiger partial charge < -0.3 is 14.8 Å². The van der Waals surface area contributed by atoms with Crippen molar-refractivity contribution in [2.24, 2.45) is 5.92 Å². The molecule has 0 aromatic carbocycles. The first-order valence-electron chi connectivity index (χ1n) is 8.27. The lowest BCUT2D eigenvalue weighted by molar-refractivity contribution is -0.113. The fourth-order valence-electron chi connectivity index (χ4n) is 1.95. The van der Waals surface area contributed by atoms with Crippen LogP contribution in [0.15, 0.2) is 12.7 Å². The molecule has 0 saturated carbocycles. The van der Waals surface area contributed by atoms with Crippen LogP contribution in [-0.4, -0.2) is 42.6 Å². The SMILES string of the molecule is C=CCSCC(=O)Nc1sc(C(=O)OCC(C)C)c(C)c1C(=O)OCC. The first-order valence-corrected chi connectivity index (χ1v) is 10.2. The summed E-state index contributed by atoms with van der Waals surface area (Å²) in [4.78, 5) is 37.0. The highest BCUT2D eigenvalue weighted by atomic mass is 32.2. The number of anilines is 1. The number of rotatable bonds is 10.